The molecule has 0 saturated heterocycles. The van der Waals surface area contributed by atoms with Crippen LogP contribution in [0, 0.1) is 5.92 Å². The fourth-order valence-electron chi connectivity index (χ4n) is 8.02. The fourth-order valence-corrected chi connectivity index (χ4v) is 17.7. The molecule has 1 aliphatic rings. The number of hydrogen-bond donors (Lipinski definition) is 0. The van der Waals surface area contributed by atoms with Crippen molar-refractivity contribution >= 4 is 41.0 Å². The van der Waals surface area contributed by atoms with Crippen molar-refractivity contribution in [3.05, 3.63) is 176 Å². The summed E-state index contributed by atoms with van der Waals surface area (Å²) in [4.78, 5) is 0. The van der Waals surface area contributed by atoms with Gasteiger partial charge >= 0.3 is 0 Å². The van der Waals surface area contributed by atoms with Gasteiger partial charge in [0.2, 0.25) is 0 Å². The van der Waals surface area contributed by atoms with Crippen LogP contribution in [0.25, 0.3) is 0 Å². The van der Waals surface area contributed by atoms with Crippen LogP contribution in [0.4, 0.5) is 0 Å². The standard InChI is InChI=1S/C46H52P2/c1-40-26-22-23-37-46(40)48(44-33-18-10-19-34-44,45-35-20-11-21-36-45)39-25-6-4-2-3-5-24-38-47(41-27-12-7-13-28-41,42-29-14-8-15-30-42)43-31-16-9-17-32-43/h7-23,26-37,40,46H,2-6,24-25,38-39H2,1H3/q+2. The van der Waals surface area contributed by atoms with Crippen molar-refractivity contribution in [2.24, 2.45) is 5.92 Å². The third-order valence-electron chi connectivity index (χ3n) is 10.4. The highest BCUT2D eigenvalue weighted by Gasteiger charge is 2.50. The predicted molar refractivity (Wildman–Crippen MR) is 218 cm³/mol. The second kappa shape index (κ2) is 17.2. The average molecular weight is 667 g/mol. The van der Waals surface area contributed by atoms with Crippen LogP contribution in [-0.2, 0) is 0 Å². The zero-order valence-corrected chi connectivity index (χ0v) is 30.4. The number of allylic oxidation sites excluding steroid dienone is 4. The Morgan fingerprint density at radius 1 is 0.375 bits per heavy atom. The van der Waals surface area contributed by atoms with Crippen molar-refractivity contribution in [1.82, 2.24) is 0 Å². The molecule has 48 heavy (non-hydrogen) atoms. The first-order valence-electron chi connectivity index (χ1n) is 18.1. The zero-order chi connectivity index (χ0) is 32.9. The first kappa shape index (κ1) is 34.3. The molecule has 0 N–H and O–H groups in total. The topological polar surface area (TPSA) is 0 Å². The lowest BCUT2D eigenvalue weighted by Gasteiger charge is -2.36. The van der Waals surface area contributed by atoms with Gasteiger partial charge in [0, 0.05) is 5.92 Å². The number of benzene rings is 5. The van der Waals surface area contributed by atoms with E-state index in [0.29, 0.717) is 11.6 Å². The van der Waals surface area contributed by atoms with Crippen molar-refractivity contribution in [1.29, 1.82) is 0 Å². The molecule has 0 nitrogen and oxygen atoms in total. The van der Waals surface area contributed by atoms with E-state index in [-0.39, 0.29) is 0 Å². The highest BCUT2D eigenvalue weighted by molar-refractivity contribution is 7.95. The molecule has 0 amide bonds. The Labute approximate surface area is 291 Å². The van der Waals surface area contributed by atoms with Crippen LogP contribution >= 0.6 is 14.5 Å². The van der Waals surface area contributed by atoms with Crippen LogP contribution in [0.3, 0.4) is 0 Å². The van der Waals surface area contributed by atoms with Crippen LogP contribution in [0.1, 0.15) is 51.9 Å². The van der Waals surface area contributed by atoms with Gasteiger partial charge in [-0.3, -0.25) is 0 Å². The first-order chi connectivity index (χ1) is 23.7. The van der Waals surface area contributed by atoms with Gasteiger partial charge < -0.3 is 0 Å². The molecule has 5 aromatic carbocycles. The molecule has 0 spiro atoms. The number of hydrogen-bond acceptors (Lipinski definition) is 0. The van der Waals surface area contributed by atoms with E-state index in [0.717, 1.165) is 0 Å². The van der Waals surface area contributed by atoms with Gasteiger partial charge in [-0.15, -0.1) is 0 Å². The van der Waals surface area contributed by atoms with Crippen LogP contribution in [-0.4, -0.2) is 18.0 Å². The molecule has 5 aromatic rings. The Morgan fingerprint density at radius 2 is 0.708 bits per heavy atom. The lowest BCUT2D eigenvalue weighted by molar-refractivity contribution is 0.603. The maximum Gasteiger partial charge on any atom is 0.112 e. The molecule has 6 rings (SSSR count). The summed E-state index contributed by atoms with van der Waals surface area (Å²) in [6.07, 6.45) is 21.2. The van der Waals surface area contributed by atoms with E-state index in [1.807, 2.05) is 0 Å². The summed E-state index contributed by atoms with van der Waals surface area (Å²) in [5.41, 5.74) is 0.551. The van der Waals surface area contributed by atoms with Gasteiger partial charge in [-0.1, -0.05) is 135 Å². The highest BCUT2D eigenvalue weighted by Crippen LogP contribution is 2.64. The van der Waals surface area contributed by atoms with E-state index >= 15 is 0 Å². The van der Waals surface area contributed by atoms with Crippen LogP contribution in [0.15, 0.2) is 176 Å². The van der Waals surface area contributed by atoms with Crippen LogP contribution in [0.2, 0.25) is 0 Å². The van der Waals surface area contributed by atoms with Crippen molar-refractivity contribution in [3.63, 3.8) is 0 Å². The predicted octanol–water partition coefficient (Wildman–Crippen LogP) is 10.5. The van der Waals surface area contributed by atoms with Crippen LogP contribution in [0.5, 0.6) is 0 Å². The van der Waals surface area contributed by atoms with Crippen molar-refractivity contribution in [2.45, 2.75) is 57.5 Å². The molecular formula is C46H52P2+2. The van der Waals surface area contributed by atoms with Gasteiger partial charge in [-0.2, -0.15) is 0 Å². The number of unbranched alkanes of at least 4 members (excludes halogenated alkanes) is 6. The summed E-state index contributed by atoms with van der Waals surface area (Å²) < 4.78 is 0. The normalized spacial score (nSPS) is 16.2. The minimum Gasteiger partial charge on any atom is -0.0774 e. The van der Waals surface area contributed by atoms with Gasteiger partial charge in [0.05, 0.1) is 30.2 Å². The van der Waals surface area contributed by atoms with Crippen molar-refractivity contribution in [3.8, 4) is 0 Å². The molecule has 0 aliphatic heterocycles. The van der Waals surface area contributed by atoms with Gasteiger partial charge in [-0.25, -0.2) is 0 Å². The molecule has 0 saturated carbocycles. The molecule has 0 aromatic heterocycles. The fraction of sp³-hybridized carbons (Fsp3) is 0.261. The number of rotatable bonds is 16. The molecule has 1 aliphatic carbocycles. The van der Waals surface area contributed by atoms with Crippen LogP contribution < -0.4 is 26.5 Å². The maximum absolute atomic E-state index is 2.53. The first-order valence-corrected chi connectivity index (χ1v) is 22.2. The van der Waals surface area contributed by atoms with Gasteiger partial charge in [-0.05, 0) is 92.4 Å². The molecule has 0 bridgehead atoms. The highest BCUT2D eigenvalue weighted by atomic mass is 31.2. The second-order valence-electron chi connectivity index (χ2n) is 13.4. The summed E-state index contributed by atoms with van der Waals surface area (Å²) in [5, 5.41) is 7.64. The Hall–Kier alpha value is -3.56. The Kier molecular flexibility index (Phi) is 12.3. The minimum absolute atomic E-state index is 0.543. The third-order valence-corrected chi connectivity index (χ3v) is 20.1. The Bertz CT molecular complexity index is 1560. The lowest BCUT2D eigenvalue weighted by atomic mass is 10.0. The molecular weight excluding hydrogens is 614 g/mol. The second-order valence-corrected chi connectivity index (χ2v) is 20.8. The molecule has 0 fully saturated rings. The summed E-state index contributed by atoms with van der Waals surface area (Å²) in [7, 11) is -3.36. The maximum atomic E-state index is 2.53. The quantitative estimate of drug-likeness (QED) is 0.0726. The summed E-state index contributed by atoms with van der Waals surface area (Å²) in [6, 6.07) is 57.1. The van der Waals surface area contributed by atoms with E-state index in [9.17, 15) is 0 Å². The van der Waals surface area contributed by atoms with Crippen molar-refractivity contribution < 1.29 is 0 Å². The summed E-state index contributed by atoms with van der Waals surface area (Å²) in [6.45, 7) is 2.43. The van der Waals surface area contributed by atoms with E-state index in [1.165, 1.54) is 73.2 Å². The molecule has 2 unspecified atom stereocenters. The molecule has 2 atom stereocenters. The van der Waals surface area contributed by atoms with Gasteiger partial charge in [0.1, 0.15) is 28.8 Å². The lowest BCUT2D eigenvalue weighted by Crippen LogP contribution is -2.36. The molecule has 2 heteroatoms. The largest absolute Gasteiger partial charge is 0.112 e. The van der Waals surface area contributed by atoms with Gasteiger partial charge in [0.15, 0.2) is 0 Å². The van der Waals surface area contributed by atoms with E-state index in [4.69, 9.17) is 0 Å². The molecule has 0 radical (unpaired) electrons. The zero-order valence-electron chi connectivity index (χ0n) is 28.7. The Balaban J connectivity index is 1.10. The Morgan fingerprint density at radius 3 is 1.10 bits per heavy atom. The van der Waals surface area contributed by atoms with E-state index in [1.54, 1.807) is 10.6 Å². The average Bonchev–Trinajstić information content (AvgIpc) is 3.16. The smallest absolute Gasteiger partial charge is 0.0774 e. The molecule has 0 heterocycles. The van der Waals surface area contributed by atoms with Gasteiger partial charge in [0.25, 0.3) is 0 Å². The summed E-state index contributed by atoms with van der Waals surface area (Å²) >= 11 is 0. The molecule has 244 valence electrons. The third kappa shape index (κ3) is 7.68. The SMILES string of the molecule is CC1C=CC=CC1[P+](CCCCCCCCC[P+](c1ccccc1)(c1ccccc1)c1ccccc1)(c1ccccc1)c1ccccc1. The van der Waals surface area contributed by atoms with E-state index in [2.05, 4.69) is 183 Å². The minimum atomic E-state index is -1.72. The van der Waals surface area contributed by atoms with E-state index < -0.39 is 14.5 Å². The summed E-state index contributed by atoms with van der Waals surface area (Å²) in [5.74, 6) is 0.543. The monoisotopic (exact) mass is 666 g/mol. The van der Waals surface area contributed by atoms with Crippen molar-refractivity contribution in [2.75, 3.05) is 12.3 Å².